The van der Waals surface area contributed by atoms with E-state index in [0.29, 0.717) is 0 Å². The molecule has 0 saturated heterocycles. The van der Waals surface area contributed by atoms with Crippen LogP contribution >= 0.6 is 0 Å². The highest BCUT2D eigenvalue weighted by molar-refractivity contribution is 5.06. The zero-order valence-corrected chi connectivity index (χ0v) is 11.8. The van der Waals surface area contributed by atoms with Crippen molar-refractivity contribution >= 4 is 0 Å². The predicted molar refractivity (Wildman–Crippen MR) is 72.4 cm³/mol. The molecule has 0 radical (unpaired) electrons. The van der Waals surface area contributed by atoms with Crippen molar-refractivity contribution < 1.29 is 10.2 Å². The van der Waals surface area contributed by atoms with E-state index in [1.165, 1.54) is 5.69 Å². The topological polar surface area (TPSA) is 58.3 Å². The van der Waals surface area contributed by atoms with Crippen LogP contribution in [0.4, 0.5) is 0 Å². The lowest BCUT2D eigenvalue weighted by molar-refractivity contribution is 0.0605. The van der Waals surface area contributed by atoms with Crippen molar-refractivity contribution in [3.8, 4) is 0 Å². The van der Waals surface area contributed by atoms with Crippen LogP contribution in [0.5, 0.6) is 0 Å². The standard InChI is InChI=1S/C14H26N2O2/c1-12-9-13(2)16(15-12)8-6-4-5-7-14(3,10-17)11-18/h9,17-18H,4-8,10-11H2,1-3H3. The Morgan fingerprint density at radius 2 is 1.83 bits per heavy atom. The zero-order valence-electron chi connectivity index (χ0n) is 11.8. The van der Waals surface area contributed by atoms with Crippen molar-refractivity contribution in [1.29, 1.82) is 0 Å². The number of unbranched alkanes of at least 4 members (excludes halogenated alkanes) is 2. The lowest BCUT2D eigenvalue weighted by Gasteiger charge is -2.24. The summed E-state index contributed by atoms with van der Waals surface area (Å²) in [6, 6.07) is 2.09. The molecule has 0 atom stereocenters. The van der Waals surface area contributed by atoms with Crippen molar-refractivity contribution in [1.82, 2.24) is 9.78 Å². The van der Waals surface area contributed by atoms with E-state index in [0.717, 1.165) is 37.9 Å². The average molecular weight is 254 g/mol. The zero-order chi connectivity index (χ0) is 13.6. The van der Waals surface area contributed by atoms with Gasteiger partial charge in [-0.25, -0.2) is 0 Å². The highest BCUT2D eigenvalue weighted by atomic mass is 16.3. The fraction of sp³-hybridized carbons (Fsp3) is 0.786. The molecule has 18 heavy (non-hydrogen) atoms. The minimum Gasteiger partial charge on any atom is -0.396 e. The Hall–Kier alpha value is -0.870. The third-order valence-electron chi connectivity index (χ3n) is 3.52. The van der Waals surface area contributed by atoms with E-state index in [4.69, 9.17) is 0 Å². The van der Waals surface area contributed by atoms with Gasteiger partial charge >= 0.3 is 0 Å². The molecule has 2 N–H and O–H groups in total. The Morgan fingerprint density at radius 3 is 2.33 bits per heavy atom. The Morgan fingerprint density at radius 1 is 1.17 bits per heavy atom. The van der Waals surface area contributed by atoms with Crippen LogP contribution in [0, 0.1) is 19.3 Å². The average Bonchev–Trinajstić information content (AvgIpc) is 2.67. The summed E-state index contributed by atoms with van der Waals surface area (Å²) < 4.78 is 2.05. The van der Waals surface area contributed by atoms with Gasteiger partial charge in [0.2, 0.25) is 0 Å². The maximum atomic E-state index is 9.18. The molecule has 0 saturated carbocycles. The Balaban J connectivity index is 2.21. The van der Waals surface area contributed by atoms with E-state index in [1.54, 1.807) is 0 Å². The first-order valence-corrected chi connectivity index (χ1v) is 6.73. The lowest BCUT2D eigenvalue weighted by atomic mass is 9.86. The molecule has 4 heteroatoms. The van der Waals surface area contributed by atoms with E-state index in [1.807, 2.05) is 18.5 Å². The number of aliphatic hydroxyl groups is 2. The van der Waals surface area contributed by atoms with Gasteiger partial charge in [-0.15, -0.1) is 0 Å². The van der Waals surface area contributed by atoms with Gasteiger partial charge in [0, 0.05) is 17.7 Å². The SMILES string of the molecule is Cc1cc(C)n(CCCCCC(C)(CO)CO)n1. The molecular formula is C14H26N2O2. The summed E-state index contributed by atoms with van der Waals surface area (Å²) in [5, 5.41) is 22.8. The van der Waals surface area contributed by atoms with Crippen LogP contribution in [0.1, 0.15) is 44.0 Å². The molecule has 104 valence electrons. The van der Waals surface area contributed by atoms with Crippen LogP contribution in [-0.2, 0) is 6.54 Å². The Labute approximate surface area is 110 Å². The third-order valence-corrected chi connectivity index (χ3v) is 3.52. The maximum absolute atomic E-state index is 9.18. The van der Waals surface area contributed by atoms with Gasteiger partial charge in [-0.1, -0.05) is 19.8 Å². The number of aryl methyl sites for hydroxylation is 3. The second-order valence-corrected chi connectivity index (χ2v) is 5.59. The van der Waals surface area contributed by atoms with Crippen molar-refractivity contribution in [3.63, 3.8) is 0 Å². The highest BCUT2D eigenvalue weighted by Gasteiger charge is 2.21. The number of aromatic nitrogens is 2. The fourth-order valence-electron chi connectivity index (χ4n) is 2.10. The molecule has 1 rings (SSSR count). The number of hydrogen-bond acceptors (Lipinski definition) is 3. The summed E-state index contributed by atoms with van der Waals surface area (Å²) in [7, 11) is 0. The van der Waals surface area contributed by atoms with Crippen LogP contribution in [0.25, 0.3) is 0 Å². The van der Waals surface area contributed by atoms with Gasteiger partial charge in [-0.2, -0.15) is 5.10 Å². The number of nitrogens with zero attached hydrogens (tertiary/aromatic N) is 2. The van der Waals surface area contributed by atoms with Gasteiger partial charge in [0.1, 0.15) is 0 Å². The molecular weight excluding hydrogens is 228 g/mol. The summed E-state index contributed by atoms with van der Waals surface area (Å²) in [6.07, 6.45) is 4.11. The van der Waals surface area contributed by atoms with Crippen LogP contribution in [0.15, 0.2) is 6.07 Å². The second-order valence-electron chi connectivity index (χ2n) is 5.59. The summed E-state index contributed by atoms with van der Waals surface area (Å²) >= 11 is 0. The predicted octanol–water partition coefficient (Wildman–Crippen LogP) is 2.05. The van der Waals surface area contributed by atoms with E-state index < -0.39 is 0 Å². The van der Waals surface area contributed by atoms with E-state index >= 15 is 0 Å². The summed E-state index contributed by atoms with van der Waals surface area (Å²) in [4.78, 5) is 0. The van der Waals surface area contributed by atoms with Gasteiger partial charge in [0.05, 0.1) is 18.9 Å². The first-order chi connectivity index (χ1) is 8.50. The van der Waals surface area contributed by atoms with Crippen LogP contribution in [-0.4, -0.2) is 33.2 Å². The van der Waals surface area contributed by atoms with E-state index in [9.17, 15) is 10.2 Å². The smallest absolute Gasteiger partial charge is 0.0596 e. The van der Waals surface area contributed by atoms with Crippen LogP contribution in [0.2, 0.25) is 0 Å². The molecule has 4 nitrogen and oxygen atoms in total. The number of hydrogen-bond donors (Lipinski definition) is 2. The monoisotopic (exact) mass is 254 g/mol. The van der Waals surface area contributed by atoms with E-state index in [-0.39, 0.29) is 18.6 Å². The minimum absolute atomic E-state index is 0.0565. The maximum Gasteiger partial charge on any atom is 0.0596 e. The summed E-state index contributed by atoms with van der Waals surface area (Å²) in [5.41, 5.74) is 1.96. The molecule has 0 aromatic carbocycles. The lowest BCUT2D eigenvalue weighted by Crippen LogP contribution is -2.25. The molecule has 0 aliphatic heterocycles. The molecule has 1 aromatic heterocycles. The molecule has 1 heterocycles. The van der Waals surface area contributed by atoms with Gasteiger partial charge < -0.3 is 10.2 Å². The summed E-state index contributed by atoms with van der Waals surface area (Å²) in [5.74, 6) is 0. The second kappa shape index (κ2) is 6.90. The summed E-state index contributed by atoms with van der Waals surface area (Å²) in [6.45, 7) is 7.08. The highest BCUT2D eigenvalue weighted by Crippen LogP contribution is 2.23. The molecule has 0 amide bonds. The largest absolute Gasteiger partial charge is 0.396 e. The van der Waals surface area contributed by atoms with Crippen molar-refractivity contribution in [2.24, 2.45) is 5.41 Å². The van der Waals surface area contributed by atoms with Crippen LogP contribution < -0.4 is 0 Å². The number of rotatable bonds is 8. The molecule has 0 spiro atoms. The van der Waals surface area contributed by atoms with E-state index in [2.05, 4.69) is 18.1 Å². The molecule has 0 unspecified atom stereocenters. The minimum atomic E-state index is -0.321. The Bertz CT molecular complexity index is 357. The van der Waals surface area contributed by atoms with Crippen molar-refractivity contribution in [2.75, 3.05) is 13.2 Å². The normalized spacial score (nSPS) is 12.1. The van der Waals surface area contributed by atoms with Gasteiger partial charge in [-0.05, 0) is 32.8 Å². The fourth-order valence-corrected chi connectivity index (χ4v) is 2.10. The molecule has 0 aliphatic carbocycles. The first kappa shape index (κ1) is 15.2. The van der Waals surface area contributed by atoms with Crippen molar-refractivity contribution in [2.45, 2.75) is 53.0 Å². The third kappa shape index (κ3) is 4.42. The quantitative estimate of drug-likeness (QED) is 0.698. The molecule has 0 bridgehead atoms. The molecule has 0 fully saturated rings. The first-order valence-electron chi connectivity index (χ1n) is 6.73. The molecule has 1 aromatic rings. The van der Waals surface area contributed by atoms with Crippen LogP contribution in [0.3, 0.4) is 0 Å². The van der Waals surface area contributed by atoms with Gasteiger partial charge in [-0.3, -0.25) is 4.68 Å². The molecule has 0 aliphatic rings. The number of aliphatic hydroxyl groups excluding tert-OH is 2. The van der Waals surface area contributed by atoms with Gasteiger partial charge in [0.15, 0.2) is 0 Å². The Kier molecular flexibility index (Phi) is 5.82. The van der Waals surface area contributed by atoms with Crippen molar-refractivity contribution in [3.05, 3.63) is 17.5 Å². The van der Waals surface area contributed by atoms with Gasteiger partial charge in [0.25, 0.3) is 0 Å².